The number of halogens is 2. The number of rotatable bonds is 5. The molecule has 0 aliphatic heterocycles. The van der Waals surface area contributed by atoms with E-state index < -0.39 is 10.0 Å². The Hall–Kier alpha value is -0.900. The Kier molecular flexibility index (Phi) is 5.33. The standard InChI is InChI=1S/C14H12Cl2N2O3S3/c1-21-7-6-18-10-3-2-9(15)8-11(10)22-14(18)17-24(19,20)13-5-4-12(16)23-13/h2-5,8H,6-7H2,1H3. The minimum atomic E-state index is -3.82. The van der Waals surface area contributed by atoms with Crippen molar-refractivity contribution in [2.24, 2.45) is 4.40 Å². The zero-order valence-corrected chi connectivity index (χ0v) is 16.4. The molecule has 0 amide bonds. The van der Waals surface area contributed by atoms with Crippen LogP contribution in [0.25, 0.3) is 10.2 Å². The average Bonchev–Trinajstić information content (AvgIpc) is 3.08. The molecule has 5 nitrogen and oxygen atoms in total. The van der Waals surface area contributed by atoms with Crippen molar-refractivity contribution in [3.05, 3.63) is 44.5 Å². The van der Waals surface area contributed by atoms with Crippen molar-refractivity contribution in [3.8, 4) is 0 Å². The first-order valence-corrected chi connectivity index (χ1v) is 10.6. The molecule has 0 radical (unpaired) electrons. The third-order valence-electron chi connectivity index (χ3n) is 3.16. The monoisotopic (exact) mass is 422 g/mol. The number of fused-ring (bicyclic) bond motifs is 1. The molecule has 3 rings (SSSR count). The summed E-state index contributed by atoms with van der Waals surface area (Å²) in [7, 11) is -2.23. The lowest BCUT2D eigenvalue weighted by molar-refractivity contribution is 0.187. The SMILES string of the molecule is COCCn1c(=NS(=O)(=O)c2ccc(Cl)s2)sc2cc(Cl)ccc21. The van der Waals surface area contributed by atoms with Gasteiger partial charge in [-0.15, -0.1) is 15.7 Å². The summed E-state index contributed by atoms with van der Waals surface area (Å²) in [5.41, 5.74) is 0.861. The van der Waals surface area contributed by atoms with Crippen LogP contribution in [0.3, 0.4) is 0 Å². The summed E-state index contributed by atoms with van der Waals surface area (Å²) in [6.07, 6.45) is 0. The lowest BCUT2D eigenvalue weighted by atomic mass is 10.3. The number of methoxy groups -OCH3 is 1. The summed E-state index contributed by atoms with van der Waals surface area (Å²) in [6, 6.07) is 8.39. The fourth-order valence-electron chi connectivity index (χ4n) is 2.10. The van der Waals surface area contributed by atoms with E-state index in [1.807, 2.05) is 10.6 Å². The van der Waals surface area contributed by atoms with Gasteiger partial charge in [-0.3, -0.25) is 0 Å². The molecule has 0 bridgehead atoms. The van der Waals surface area contributed by atoms with Crippen LogP contribution < -0.4 is 4.80 Å². The maximum atomic E-state index is 12.5. The quantitative estimate of drug-likeness (QED) is 0.623. The largest absolute Gasteiger partial charge is 0.383 e. The van der Waals surface area contributed by atoms with Gasteiger partial charge in [0, 0.05) is 18.7 Å². The number of nitrogens with zero attached hydrogens (tertiary/aromatic N) is 2. The van der Waals surface area contributed by atoms with E-state index >= 15 is 0 Å². The Labute approximate surface area is 156 Å². The molecule has 0 spiro atoms. The van der Waals surface area contributed by atoms with Crippen LogP contribution in [0.4, 0.5) is 0 Å². The highest BCUT2D eigenvalue weighted by molar-refractivity contribution is 7.92. The third-order valence-corrected chi connectivity index (χ3v) is 7.52. The zero-order valence-electron chi connectivity index (χ0n) is 12.4. The van der Waals surface area contributed by atoms with E-state index in [1.54, 1.807) is 19.2 Å². The van der Waals surface area contributed by atoms with Gasteiger partial charge in [0.05, 0.1) is 21.2 Å². The van der Waals surface area contributed by atoms with E-state index in [-0.39, 0.29) is 4.21 Å². The van der Waals surface area contributed by atoms with Gasteiger partial charge in [0.2, 0.25) is 4.80 Å². The molecule has 10 heteroatoms. The van der Waals surface area contributed by atoms with E-state index in [9.17, 15) is 8.42 Å². The van der Waals surface area contributed by atoms with Crippen molar-refractivity contribution in [1.82, 2.24) is 4.57 Å². The summed E-state index contributed by atoms with van der Waals surface area (Å²) in [4.78, 5) is 0.369. The van der Waals surface area contributed by atoms with Crippen LogP contribution in [-0.2, 0) is 21.3 Å². The van der Waals surface area contributed by atoms with Gasteiger partial charge in [-0.1, -0.05) is 34.5 Å². The molecule has 1 aromatic carbocycles. The smallest absolute Gasteiger partial charge is 0.294 e. The van der Waals surface area contributed by atoms with Gasteiger partial charge in [0.15, 0.2) is 0 Å². The summed E-state index contributed by atoms with van der Waals surface area (Å²) < 4.78 is 37.3. The summed E-state index contributed by atoms with van der Waals surface area (Å²) >= 11 is 14.1. The van der Waals surface area contributed by atoms with Crippen LogP contribution in [0.15, 0.2) is 38.9 Å². The number of thiophene rings is 1. The predicted octanol–water partition coefficient (Wildman–Crippen LogP) is 4.01. The van der Waals surface area contributed by atoms with E-state index in [2.05, 4.69) is 4.40 Å². The number of hydrogen-bond acceptors (Lipinski definition) is 5. The molecule has 0 saturated heterocycles. The number of benzene rings is 1. The molecular weight excluding hydrogens is 411 g/mol. The number of aromatic nitrogens is 1. The molecular formula is C14H12Cl2N2O3S3. The number of hydrogen-bond donors (Lipinski definition) is 0. The average molecular weight is 423 g/mol. The minimum Gasteiger partial charge on any atom is -0.383 e. The highest BCUT2D eigenvalue weighted by atomic mass is 35.5. The second-order valence-corrected chi connectivity index (χ2v) is 9.76. The van der Waals surface area contributed by atoms with Gasteiger partial charge >= 0.3 is 0 Å². The van der Waals surface area contributed by atoms with Crippen molar-refractivity contribution < 1.29 is 13.2 Å². The van der Waals surface area contributed by atoms with Crippen molar-refractivity contribution in [2.75, 3.05) is 13.7 Å². The van der Waals surface area contributed by atoms with Crippen LogP contribution in [0.5, 0.6) is 0 Å². The van der Waals surface area contributed by atoms with Crippen molar-refractivity contribution in [3.63, 3.8) is 0 Å². The highest BCUT2D eigenvalue weighted by Gasteiger charge is 2.17. The molecule has 2 heterocycles. The van der Waals surface area contributed by atoms with Gasteiger partial charge in [-0.05, 0) is 30.3 Å². The molecule has 0 N–H and O–H groups in total. The van der Waals surface area contributed by atoms with Gasteiger partial charge in [0.25, 0.3) is 10.0 Å². The zero-order chi connectivity index (χ0) is 17.3. The Morgan fingerprint density at radius 2 is 2.00 bits per heavy atom. The Bertz CT molecular complexity index is 1050. The molecule has 0 saturated carbocycles. The second-order valence-electron chi connectivity index (χ2n) is 4.77. The first kappa shape index (κ1) is 17.9. The maximum absolute atomic E-state index is 12.5. The maximum Gasteiger partial charge on any atom is 0.294 e. The Balaban J connectivity index is 2.20. The second kappa shape index (κ2) is 7.15. The lowest BCUT2D eigenvalue weighted by Crippen LogP contribution is -2.19. The number of thiazole rings is 1. The number of sulfonamides is 1. The molecule has 0 unspecified atom stereocenters. The third kappa shape index (κ3) is 3.68. The van der Waals surface area contributed by atoms with E-state index in [1.165, 1.54) is 23.5 Å². The molecule has 3 aromatic rings. The van der Waals surface area contributed by atoms with Gasteiger partial charge in [-0.25, -0.2) is 0 Å². The minimum absolute atomic E-state index is 0.112. The Morgan fingerprint density at radius 1 is 1.21 bits per heavy atom. The predicted molar refractivity (Wildman–Crippen MR) is 98.8 cm³/mol. The molecule has 0 atom stereocenters. The van der Waals surface area contributed by atoms with Crippen molar-refractivity contribution in [2.45, 2.75) is 10.8 Å². The fraction of sp³-hybridized carbons (Fsp3) is 0.214. The number of ether oxygens (including phenoxy) is 1. The van der Waals surface area contributed by atoms with Crippen LogP contribution in [0, 0.1) is 0 Å². The fourth-order valence-corrected chi connectivity index (χ4v) is 6.10. The van der Waals surface area contributed by atoms with E-state index in [0.717, 1.165) is 21.6 Å². The lowest BCUT2D eigenvalue weighted by Gasteiger charge is -2.04. The van der Waals surface area contributed by atoms with Crippen molar-refractivity contribution in [1.29, 1.82) is 0 Å². The normalized spacial score (nSPS) is 13.0. The van der Waals surface area contributed by atoms with Crippen molar-refractivity contribution >= 4 is 66.1 Å². The summed E-state index contributed by atoms with van der Waals surface area (Å²) in [5, 5.41) is 0.585. The molecule has 0 aliphatic rings. The highest BCUT2D eigenvalue weighted by Crippen LogP contribution is 2.27. The van der Waals surface area contributed by atoms with Gasteiger partial charge < -0.3 is 9.30 Å². The summed E-state index contributed by atoms with van der Waals surface area (Å²) in [6.45, 7) is 0.921. The van der Waals surface area contributed by atoms with Crippen LogP contribution in [-0.4, -0.2) is 26.7 Å². The molecule has 24 heavy (non-hydrogen) atoms. The van der Waals surface area contributed by atoms with Crippen LogP contribution >= 0.6 is 45.9 Å². The first-order valence-electron chi connectivity index (χ1n) is 6.75. The Morgan fingerprint density at radius 3 is 2.67 bits per heavy atom. The van der Waals surface area contributed by atoms with E-state index in [4.69, 9.17) is 27.9 Å². The van der Waals surface area contributed by atoms with Crippen LogP contribution in [0.2, 0.25) is 9.36 Å². The molecule has 0 aliphatic carbocycles. The van der Waals surface area contributed by atoms with Crippen LogP contribution in [0.1, 0.15) is 0 Å². The van der Waals surface area contributed by atoms with Gasteiger partial charge in [-0.2, -0.15) is 8.42 Å². The molecule has 2 aromatic heterocycles. The molecule has 128 valence electrons. The molecule has 0 fully saturated rings. The topological polar surface area (TPSA) is 60.7 Å². The van der Waals surface area contributed by atoms with E-state index in [0.29, 0.717) is 27.3 Å². The van der Waals surface area contributed by atoms with Gasteiger partial charge in [0.1, 0.15) is 4.21 Å². The first-order chi connectivity index (χ1) is 11.4. The summed E-state index contributed by atoms with van der Waals surface area (Å²) in [5.74, 6) is 0.